The van der Waals surface area contributed by atoms with Gasteiger partial charge in [-0.1, -0.05) is 17.6 Å². The number of hydrogen-bond donors (Lipinski definition) is 0. The number of rotatable bonds is 2. The van der Waals surface area contributed by atoms with Gasteiger partial charge < -0.3 is 14.0 Å². The van der Waals surface area contributed by atoms with Gasteiger partial charge in [-0.2, -0.15) is 0 Å². The van der Waals surface area contributed by atoms with E-state index in [0.29, 0.717) is 5.56 Å². The van der Waals surface area contributed by atoms with E-state index in [4.69, 9.17) is 14.0 Å². The lowest BCUT2D eigenvalue weighted by molar-refractivity contribution is 0.00578. The molecule has 20 heavy (non-hydrogen) atoms. The summed E-state index contributed by atoms with van der Waals surface area (Å²) in [5.41, 5.74) is 1.53. The fraction of sp³-hybridized carbons (Fsp3) is 0.500. The van der Waals surface area contributed by atoms with Gasteiger partial charge in [-0.25, -0.2) is 4.79 Å². The average molecular weight is 274 g/mol. The normalized spacial score (nSPS) is 19.9. The maximum absolute atomic E-state index is 11.7. The van der Waals surface area contributed by atoms with Crippen molar-refractivity contribution in [2.24, 2.45) is 0 Å². The Balaban J connectivity index is 2.35. The fourth-order valence-electron chi connectivity index (χ4n) is 2.16. The number of ether oxygens (including phenoxy) is 1. The molecule has 0 amide bonds. The minimum absolute atomic E-state index is 0.355. The third kappa shape index (κ3) is 2.63. The second kappa shape index (κ2) is 4.93. The molecular weight excluding hydrogens is 254 g/mol. The Morgan fingerprint density at radius 2 is 1.70 bits per heavy atom. The van der Waals surface area contributed by atoms with Gasteiger partial charge in [-0.3, -0.25) is 0 Å². The number of carbonyl (C=O) groups is 1. The molecule has 1 saturated heterocycles. The summed E-state index contributed by atoms with van der Waals surface area (Å²) < 4.78 is 16.8. The lowest BCUT2D eigenvalue weighted by atomic mass is 9.75. The van der Waals surface area contributed by atoms with Crippen LogP contribution in [0.15, 0.2) is 18.2 Å². The Bertz CT molecular complexity index is 524. The van der Waals surface area contributed by atoms with Crippen LogP contribution in [-0.4, -0.2) is 39.2 Å². The Morgan fingerprint density at radius 1 is 1.15 bits per heavy atom. The summed E-state index contributed by atoms with van der Waals surface area (Å²) in [4.78, 5) is 11.7. The molecule has 0 aliphatic carbocycles. The highest BCUT2D eigenvalue weighted by molar-refractivity contribution is 6.62. The van der Waals surface area contributed by atoms with Crippen LogP contribution in [0, 0.1) is 0 Å². The zero-order valence-corrected chi connectivity index (χ0v) is 12.9. The van der Waals surface area contributed by atoms with Gasteiger partial charge in [0.15, 0.2) is 0 Å². The van der Waals surface area contributed by atoms with Gasteiger partial charge in [-0.05, 0) is 39.2 Å². The Labute approximate surface area is 121 Å². The van der Waals surface area contributed by atoms with Crippen LogP contribution in [-0.2, 0) is 14.0 Å². The topological polar surface area (TPSA) is 44.8 Å². The van der Waals surface area contributed by atoms with Crippen molar-refractivity contribution in [3.05, 3.63) is 23.8 Å². The number of hydrogen-bond acceptors (Lipinski definition) is 4. The quantitative estimate of drug-likeness (QED) is 0.564. The van der Waals surface area contributed by atoms with Gasteiger partial charge in [0.25, 0.3) is 0 Å². The second-order valence-electron chi connectivity index (χ2n) is 6.21. The first-order chi connectivity index (χ1) is 9.16. The Morgan fingerprint density at radius 3 is 2.20 bits per heavy atom. The zero-order chi connectivity index (χ0) is 15.1. The van der Waals surface area contributed by atoms with Crippen molar-refractivity contribution >= 4 is 31.9 Å². The third-order valence-electron chi connectivity index (χ3n) is 4.05. The molecule has 1 aliphatic rings. The van der Waals surface area contributed by atoms with E-state index in [1.165, 1.54) is 7.11 Å². The molecule has 1 aromatic carbocycles. The monoisotopic (exact) mass is 274 g/mol. The molecule has 0 saturated carbocycles. The van der Waals surface area contributed by atoms with Crippen LogP contribution in [0.5, 0.6) is 0 Å². The summed E-state index contributed by atoms with van der Waals surface area (Å²) in [6.45, 7) is 8.02. The molecule has 0 bridgehead atoms. The predicted molar refractivity (Wildman–Crippen MR) is 81.7 cm³/mol. The van der Waals surface area contributed by atoms with Gasteiger partial charge in [0.1, 0.15) is 7.85 Å². The van der Waals surface area contributed by atoms with E-state index in [-0.39, 0.29) is 5.97 Å². The first-order valence-corrected chi connectivity index (χ1v) is 6.72. The van der Waals surface area contributed by atoms with Crippen LogP contribution in [0.3, 0.4) is 0 Å². The minimum Gasteiger partial charge on any atom is -0.465 e. The summed E-state index contributed by atoms with van der Waals surface area (Å²) >= 11 is 0. The molecule has 0 radical (unpaired) electrons. The summed E-state index contributed by atoms with van der Waals surface area (Å²) in [6, 6.07) is 5.52. The van der Waals surface area contributed by atoms with Crippen molar-refractivity contribution in [3.8, 4) is 0 Å². The van der Waals surface area contributed by atoms with Crippen LogP contribution in [0.2, 0.25) is 0 Å². The van der Waals surface area contributed by atoms with Gasteiger partial charge in [0.2, 0.25) is 0 Å². The van der Waals surface area contributed by atoms with Crippen LogP contribution < -0.4 is 10.9 Å². The molecule has 2 rings (SSSR count). The summed E-state index contributed by atoms with van der Waals surface area (Å²) in [5, 5.41) is 0. The van der Waals surface area contributed by atoms with Crippen LogP contribution in [0.1, 0.15) is 38.1 Å². The van der Waals surface area contributed by atoms with Gasteiger partial charge in [0, 0.05) is 0 Å². The number of methoxy groups -OCH3 is 1. The highest BCUT2D eigenvalue weighted by Crippen LogP contribution is 2.36. The van der Waals surface area contributed by atoms with Gasteiger partial charge in [0.05, 0.1) is 23.9 Å². The van der Waals surface area contributed by atoms with Gasteiger partial charge >= 0.3 is 13.1 Å². The number of esters is 1. The maximum atomic E-state index is 11.7. The molecule has 1 aromatic rings. The van der Waals surface area contributed by atoms with Crippen molar-refractivity contribution < 1.29 is 18.8 Å². The van der Waals surface area contributed by atoms with E-state index < -0.39 is 18.3 Å². The molecule has 0 N–H and O–H groups in total. The summed E-state index contributed by atoms with van der Waals surface area (Å²) in [5.74, 6) is -0.355. The highest BCUT2D eigenvalue weighted by atomic mass is 16.7. The smallest absolute Gasteiger partial charge is 0.465 e. The lowest BCUT2D eigenvalue weighted by Crippen LogP contribution is -2.41. The third-order valence-corrected chi connectivity index (χ3v) is 4.05. The summed E-state index contributed by atoms with van der Waals surface area (Å²) in [7, 11) is 2.84. The standard InChI is InChI=1S/C14H20B2O4/c1-13(2)14(3,4)20-16(19-13)11-7-9(12(17)18-5)6-10(15)8-11/h6-8H,15H2,1-5H3. The predicted octanol–water partition coefficient (Wildman–Crippen LogP) is 0.0308. The molecule has 1 heterocycles. The molecule has 0 unspecified atom stereocenters. The van der Waals surface area contributed by atoms with E-state index in [0.717, 1.165) is 10.9 Å². The van der Waals surface area contributed by atoms with Crippen LogP contribution >= 0.6 is 0 Å². The van der Waals surface area contributed by atoms with Crippen molar-refractivity contribution in [2.45, 2.75) is 38.9 Å². The average Bonchev–Trinajstić information content (AvgIpc) is 2.57. The van der Waals surface area contributed by atoms with E-state index >= 15 is 0 Å². The van der Waals surface area contributed by atoms with Crippen molar-refractivity contribution in [1.82, 2.24) is 0 Å². The molecular formula is C14H20B2O4. The minimum atomic E-state index is -0.469. The second-order valence-corrected chi connectivity index (χ2v) is 6.21. The summed E-state index contributed by atoms with van der Waals surface area (Å²) in [6.07, 6.45) is 0. The molecule has 0 atom stereocenters. The first kappa shape index (κ1) is 15.1. The van der Waals surface area contributed by atoms with Crippen molar-refractivity contribution in [2.75, 3.05) is 7.11 Å². The first-order valence-electron chi connectivity index (χ1n) is 6.72. The fourth-order valence-corrected chi connectivity index (χ4v) is 2.16. The molecule has 4 nitrogen and oxygen atoms in total. The van der Waals surface area contributed by atoms with Crippen molar-refractivity contribution in [1.29, 1.82) is 0 Å². The molecule has 6 heteroatoms. The lowest BCUT2D eigenvalue weighted by Gasteiger charge is -2.32. The largest absolute Gasteiger partial charge is 0.494 e. The zero-order valence-electron chi connectivity index (χ0n) is 12.9. The molecule has 1 fully saturated rings. The Hall–Kier alpha value is -1.26. The van der Waals surface area contributed by atoms with E-state index in [9.17, 15) is 4.79 Å². The Kier molecular flexibility index (Phi) is 3.73. The van der Waals surface area contributed by atoms with E-state index in [1.54, 1.807) is 12.1 Å². The number of carbonyl (C=O) groups excluding carboxylic acids is 1. The highest BCUT2D eigenvalue weighted by Gasteiger charge is 2.51. The van der Waals surface area contributed by atoms with Crippen molar-refractivity contribution in [3.63, 3.8) is 0 Å². The molecule has 0 aromatic heterocycles. The SMILES string of the molecule is Bc1cc(B2OC(C)(C)C(C)(C)O2)cc(C(=O)OC)c1. The molecule has 0 spiro atoms. The van der Waals surface area contributed by atoms with E-state index in [1.807, 2.05) is 41.6 Å². The molecule has 106 valence electrons. The van der Waals surface area contributed by atoms with E-state index in [2.05, 4.69) is 0 Å². The van der Waals surface area contributed by atoms with Gasteiger partial charge in [-0.15, -0.1) is 0 Å². The number of benzene rings is 1. The maximum Gasteiger partial charge on any atom is 0.494 e. The van der Waals surface area contributed by atoms with Crippen LogP contribution in [0.25, 0.3) is 0 Å². The van der Waals surface area contributed by atoms with Crippen LogP contribution in [0.4, 0.5) is 0 Å². The molecule has 1 aliphatic heterocycles.